The van der Waals surface area contributed by atoms with Gasteiger partial charge in [-0.1, -0.05) is 25.1 Å². The lowest BCUT2D eigenvalue weighted by Gasteiger charge is -2.30. The first-order valence-electron chi connectivity index (χ1n) is 39.7. The number of hydrogen-bond donors (Lipinski definition) is 1. The monoisotopic (exact) mass is 1540 g/mol. The van der Waals surface area contributed by atoms with E-state index in [2.05, 4.69) is 103 Å². The second kappa shape index (κ2) is 31.9. The number of aromatic nitrogens is 20. The molecule has 4 saturated heterocycles. The molecular formula is C86H93N25O4. The second-order valence-corrected chi connectivity index (χ2v) is 31.1. The summed E-state index contributed by atoms with van der Waals surface area (Å²) in [6, 6.07) is 39.9. The van der Waals surface area contributed by atoms with Gasteiger partial charge >= 0.3 is 0 Å². The van der Waals surface area contributed by atoms with Gasteiger partial charge in [-0.3, -0.25) is 42.6 Å². The fourth-order valence-corrected chi connectivity index (χ4v) is 16.4. The molecule has 0 unspecified atom stereocenters. The summed E-state index contributed by atoms with van der Waals surface area (Å²) < 4.78 is 13.1. The average molecular weight is 1540 g/mol. The summed E-state index contributed by atoms with van der Waals surface area (Å²) in [4.78, 5) is 84.2. The summed E-state index contributed by atoms with van der Waals surface area (Å²) in [7, 11) is 9.99. The minimum atomic E-state index is -0.155. The van der Waals surface area contributed by atoms with E-state index in [1.54, 1.807) is 42.7 Å². The van der Waals surface area contributed by atoms with Crippen LogP contribution in [0.3, 0.4) is 0 Å². The number of fused-ring (bicyclic) bond motifs is 8. The molecular weight excluding hydrogens is 1450 g/mol. The van der Waals surface area contributed by atoms with Gasteiger partial charge in [-0.15, -0.1) is 0 Å². The average Bonchev–Trinajstić information content (AvgIpc) is 1.74. The molecule has 29 nitrogen and oxygen atoms in total. The zero-order valence-corrected chi connectivity index (χ0v) is 66.3. The molecule has 0 aliphatic carbocycles. The van der Waals surface area contributed by atoms with Crippen LogP contribution < -0.4 is 32.5 Å². The lowest BCUT2D eigenvalue weighted by Crippen LogP contribution is -2.33. The summed E-state index contributed by atoms with van der Waals surface area (Å²) in [5, 5.41) is 38.1. The van der Waals surface area contributed by atoms with Crippen LogP contribution in [0.25, 0.3) is 106 Å². The highest BCUT2D eigenvalue weighted by atomic mass is 16.1. The maximum atomic E-state index is 13.1. The largest absolute Gasteiger partial charge is 0.369 e. The number of likely N-dealkylation sites (tertiary alicyclic amines) is 2. The molecule has 3 aromatic carbocycles. The van der Waals surface area contributed by atoms with Gasteiger partial charge in [0.1, 0.15) is 11.3 Å². The molecule has 4 aliphatic heterocycles. The van der Waals surface area contributed by atoms with Crippen LogP contribution in [-0.2, 0) is 21.1 Å². The Bertz CT molecular complexity index is 6620. The Morgan fingerprint density at radius 1 is 0.400 bits per heavy atom. The number of benzene rings is 3. The van der Waals surface area contributed by atoms with E-state index in [9.17, 15) is 19.2 Å². The van der Waals surface area contributed by atoms with Gasteiger partial charge in [0.05, 0.1) is 85.2 Å². The Morgan fingerprint density at radius 3 is 1.35 bits per heavy atom. The van der Waals surface area contributed by atoms with Crippen molar-refractivity contribution in [3.63, 3.8) is 0 Å². The number of hydrogen-bond acceptors (Lipinski definition) is 21. The number of pyridine rings is 1. The van der Waals surface area contributed by atoms with Crippen molar-refractivity contribution in [2.45, 2.75) is 90.4 Å². The van der Waals surface area contributed by atoms with Gasteiger partial charge in [-0.25, -0.2) is 24.5 Å². The van der Waals surface area contributed by atoms with E-state index in [0.717, 1.165) is 212 Å². The summed E-state index contributed by atoms with van der Waals surface area (Å²) >= 11 is 0. The number of nitrogens with one attached hydrogen (secondary N) is 1. The number of rotatable bonds is 9. The number of piperidine rings is 3. The van der Waals surface area contributed by atoms with Gasteiger partial charge in [0.25, 0.3) is 22.2 Å². The Kier molecular flexibility index (Phi) is 20.8. The standard InChI is InChI=1S/C23H27N7O.C22H24N6O.C21H22N6O.C20H20N6O/c1-15-10-18(28-7-5-6-27(4)8-9-28)14-29-22(31)12-19(25-23(15)29)20-11-21-17(3)24-16(2)13-30(21)26-20;1-3-27-10-8-15(9-11-27)18-6-7-21-23-20(13-22(29)28(21)25-18)16-4-5-19-17(12-16)14-26(2)24-19;1-25-9-7-14(8-10-25)17-5-6-20-22-19(12-21(28)27(20)24-17)15-3-4-18-16(11-15)13-26(2)23-18;1-25-12-15-10-14(2-3-17(15)23-25)18-11-20(27)26-19(22-18)5-4-16(24-26)13-6-8-21-9-7-13/h10-14H,5-9H2,1-4H3;4-7,12-15H,3,8-11H2,1-2H3;3-6,11-14H,7-10H2,1-2H3;2-5,10-13,21H,6-9H2,1H3. The van der Waals surface area contributed by atoms with Crippen molar-refractivity contribution >= 4 is 66.5 Å². The molecule has 115 heavy (non-hydrogen) atoms. The highest BCUT2D eigenvalue weighted by molar-refractivity contribution is 5.86. The Hall–Kier alpha value is -12.4. The van der Waals surface area contributed by atoms with E-state index in [-0.39, 0.29) is 22.2 Å². The molecule has 20 rings (SSSR count). The van der Waals surface area contributed by atoms with E-state index in [4.69, 9.17) is 9.97 Å². The maximum absolute atomic E-state index is 13.1. The van der Waals surface area contributed by atoms with Crippen LogP contribution in [0.5, 0.6) is 0 Å². The van der Waals surface area contributed by atoms with Crippen molar-refractivity contribution in [3.05, 3.63) is 234 Å². The molecule has 0 bridgehead atoms. The van der Waals surface area contributed by atoms with Crippen LogP contribution >= 0.6 is 0 Å². The highest BCUT2D eigenvalue weighted by Crippen LogP contribution is 2.32. The topological polar surface area (TPSA) is 285 Å². The Morgan fingerprint density at radius 2 is 0.861 bits per heavy atom. The van der Waals surface area contributed by atoms with Crippen molar-refractivity contribution in [2.75, 3.05) is 91.0 Å². The number of nitrogens with zero attached hydrogens (tertiary/aromatic N) is 24. The first-order chi connectivity index (χ1) is 55.7. The SMILES string of the molecule is CCN1CCC(c2ccc3nc(-c4ccc5nn(C)cc5c4)cc(=O)n3n2)CC1.CN1CCC(c2ccc3nc(-c4ccc5nn(C)cc5c4)cc(=O)n3n2)CC1.Cc1cn2nc(-c3cc(=O)n4cc(N5CCCN(C)CC5)cc(C)c4n3)cc2c(C)n1.Cn1cc2cc(-c3cc(=O)n4nc(C5CCNCC5)ccc4n3)ccc2n1. The predicted molar refractivity (Wildman–Crippen MR) is 447 cm³/mol. The Labute approximate surface area is 661 Å². The quantitative estimate of drug-likeness (QED) is 0.141. The van der Waals surface area contributed by atoms with E-state index < -0.39 is 0 Å². The van der Waals surface area contributed by atoms with Crippen LogP contribution in [0.4, 0.5) is 5.69 Å². The van der Waals surface area contributed by atoms with Gasteiger partial charge in [0.2, 0.25) is 0 Å². The number of likely N-dealkylation sites (N-methyl/N-ethyl adjacent to an activating group) is 1. The van der Waals surface area contributed by atoms with Crippen LogP contribution in [0.1, 0.15) is 104 Å². The summed E-state index contributed by atoms with van der Waals surface area (Å²) in [5.41, 5.74) is 18.2. The molecule has 0 spiro atoms. The van der Waals surface area contributed by atoms with Crippen molar-refractivity contribution in [3.8, 4) is 45.2 Å². The molecule has 0 atom stereocenters. The molecule has 586 valence electrons. The predicted octanol–water partition coefficient (Wildman–Crippen LogP) is 9.88. The highest BCUT2D eigenvalue weighted by Gasteiger charge is 2.25. The molecule has 0 radical (unpaired) electrons. The minimum Gasteiger partial charge on any atom is -0.369 e. The molecule has 4 fully saturated rings. The summed E-state index contributed by atoms with van der Waals surface area (Å²) in [6.45, 7) is 19.6. The molecule has 4 aliphatic rings. The van der Waals surface area contributed by atoms with Crippen molar-refractivity contribution in [1.29, 1.82) is 0 Å². The molecule has 17 heterocycles. The summed E-state index contributed by atoms with van der Waals surface area (Å²) in [5.74, 6) is 1.21. The van der Waals surface area contributed by atoms with Gasteiger partial charge < -0.3 is 24.9 Å². The van der Waals surface area contributed by atoms with Gasteiger partial charge in [0.15, 0.2) is 16.9 Å². The lowest BCUT2D eigenvalue weighted by molar-refractivity contribution is 0.220. The zero-order valence-electron chi connectivity index (χ0n) is 66.3. The van der Waals surface area contributed by atoms with Gasteiger partial charge in [-0.2, -0.15) is 49.2 Å². The van der Waals surface area contributed by atoms with E-state index >= 15 is 0 Å². The third-order valence-corrected chi connectivity index (χ3v) is 22.7. The van der Waals surface area contributed by atoms with E-state index in [1.807, 2.05) is 174 Å². The normalized spacial score (nSPS) is 15.9. The number of aryl methyl sites for hydroxylation is 6. The lowest BCUT2D eigenvalue weighted by atomic mass is 9.93. The van der Waals surface area contributed by atoms with E-state index in [1.165, 1.54) is 13.5 Å². The van der Waals surface area contributed by atoms with Crippen molar-refractivity contribution in [2.24, 2.45) is 21.1 Å². The Balaban J connectivity index is 0.000000111. The first-order valence-corrected chi connectivity index (χ1v) is 39.7. The minimum absolute atomic E-state index is 0.0972. The van der Waals surface area contributed by atoms with E-state index in [0.29, 0.717) is 68.8 Å². The number of anilines is 1. The van der Waals surface area contributed by atoms with Crippen LogP contribution in [-0.4, -0.2) is 198 Å². The summed E-state index contributed by atoms with van der Waals surface area (Å²) in [6.07, 6.45) is 17.2. The van der Waals surface area contributed by atoms with Gasteiger partial charge in [0, 0.05) is 140 Å². The molecule has 0 amide bonds. The fourth-order valence-electron chi connectivity index (χ4n) is 16.4. The van der Waals surface area contributed by atoms with Crippen LogP contribution in [0.15, 0.2) is 178 Å². The molecule has 29 heteroatoms. The van der Waals surface area contributed by atoms with Crippen LogP contribution in [0.2, 0.25) is 0 Å². The first kappa shape index (κ1) is 75.3. The molecule has 16 aromatic rings. The van der Waals surface area contributed by atoms with Crippen molar-refractivity contribution in [1.82, 2.24) is 117 Å². The molecule has 1 N–H and O–H groups in total. The van der Waals surface area contributed by atoms with Crippen LogP contribution in [0, 0.1) is 20.8 Å². The van der Waals surface area contributed by atoms with Crippen molar-refractivity contribution < 1.29 is 0 Å². The third kappa shape index (κ3) is 16.0. The third-order valence-electron chi connectivity index (χ3n) is 22.7. The molecule has 0 saturated carbocycles. The molecule has 13 aromatic heterocycles. The van der Waals surface area contributed by atoms with Gasteiger partial charge in [-0.05, 0) is 223 Å². The zero-order chi connectivity index (χ0) is 79.3. The fraction of sp³-hybridized carbons (Fsp3) is 0.349. The smallest absolute Gasteiger partial charge is 0.275 e. The maximum Gasteiger partial charge on any atom is 0.275 e. The second-order valence-electron chi connectivity index (χ2n) is 31.1.